The maximum Gasteiger partial charge on any atom is 0.343 e. The van der Waals surface area contributed by atoms with Crippen LogP contribution in [0, 0.1) is 17.0 Å². The lowest BCUT2D eigenvalue weighted by Gasteiger charge is -2.09. The van der Waals surface area contributed by atoms with E-state index in [-0.39, 0.29) is 11.9 Å². The standard InChI is InChI=1S/C10H19N5O2/c1-7-13-9(10(14-7)15(16)17)5-4-8(12)3-2-6-11/h8H,2-6,11-12H2,1H3,(H,13,14). The Morgan fingerprint density at radius 3 is 2.82 bits per heavy atom. The van der Waals surface area contributed by atoms with Crippen LogP contribution < -0.4 is 11.5 Å². The molecule has 7 nitrogen and oxygen atoms in total. The van der Waals surface area contributed by atoms with E-state index in [2.05, 4.69) is 9.97 Å². The number of imidazole rings is 1. The number of hydrogen-bond donors (Lipinski definition) is 3. The molecule has 5 N–H and O–H groups in total. The molecule has 0 amide bonds. The molecule has 0 spiro atoms. The molecule has 1 unspecified atom stereocenters. The summed E-state index contributed by atoms with van der Waals surface area (Å²) in [5, 5.41) is 10.7. The summed E-state index contributed by atoms with van der Waals surface area (Å²) in [5.41, 5.74) is 11.7. The van der Waals surface area contributed by atoms with Crippen LogP contribution in [0.4, 0.5) is 5.82 Å². The molecule has 0 aliphatic carbocycles. The summed E-state index contributed by atoms with van der Waals surface area (Å²) < 4.78 is 0. The van der Waals surface area contributed by atoms with Gasteiger partial charge in [0.05, 0.1) is 0 Å². The Bertz CT molecular complexity index is 377. The van der Waals surface area contributed by atoms with Crippen LogP contribution >= 0.6 is 0 Å². The number of nitrogens with one attached hydrogen (secondary N) is 1. The number of nitro groups is 1. The van der Waals surface area contributed by atoms with Crippen molar-refractivity contribution < 1.29 is 4.92 Å². The molecule has 0 aliphatic rings. The van der Waals surface area contributed by atoms with Crippen molar-refractivity contribution in [1.29, 1.82) is 0 Å². The molecule has 1 aromatic heterocycles. The molecule has 0 aliphatic heterocycles. The normalized spacial score (nSPS) is 12.6. The Balaban J connectivity index is 2.53. The van der Waals surface area contributed by atoms with Crippen LogP contribution in [0.15, 0.2) is 0 Å². The molecule has 96 valence electrons. The second-order valence-corrected chi connectivity index (χ2v) is 4.10. The van der Waals surface area contributed by atoms with Gasteiger partial charge < -0.3 is 21.6 Å². The van der Waals surface area contributed by atoms with E-state index >= 15 is 0 Å². The molecule has 1 atom stereocenters. The zero-order valence-corrected chi connectivity index (χ0v) is 9.98. The molecule has 1 aromatic rings. The van der Waals surface area contributed by atoms with Crippen LogP contribution in [0.25, 0.3) is 0 Å². The summed E-state index contributed by atoms with van der Waals surface area (Å²) in [7, 11) is 0. The third-order valence-corrected chi connectivity index (χ3v) is 2.59. The van der Waals surface area contributed by atoms with E-state index in [0.717, 1.165) is 12.8 Å². The second kappa shape index (κ2) is 6.31. The van der Waals surface area contributed by atoms with E-state index in [0.29, 0.717) is 30.9 Å². The van der Waals surface area contributed by atoms with Crippen LogP contribution in [0.1, 0.15) is 30.8 Å². The lowest BCUT2D eigenvalue weighted by atomic mass is 10.1. The van der Waals surface area contributed by atoms with Gasteiger partial charge in [0.25, 0.3) is 0 Å². The monoisotopic (exact) mass is 241 g/mol. The summed E-state index contributed by atoms with van der Waals surface area (Å²) in [6, 6.07) is 0.0233. The second-order valence-electron chi connectivity index (χ2n) is 4.10. The van der Waals surface area contributed by atoms with Crippen LogP contribution in [-0.2, 0) is 6.42 Å². The molecule has 0 saturated carbocycles. The number of rotatable bonds is 7. The van der Waals surface area contributed by atoms with Gasteiger partial charge in [0.1, 0.15) is 5.69 Å². The molecule has 0 aromatic carbocycles. The Hall–Kier alpha value is -1.47. The maximum atomic E-state index is 10.7. The fourth-order valence-corrected chi connectivity index (χ4v) is 1.70. The van der Waals surface area contributed by atoms with E-state index in [1.54, 1.807) is 6.92 Å². The van der Waals surface area contributed by atoms with E-state index in [9.17, 15) is 10.1 Å². The summed E-state index contributed by atoms with van der Waals surface area (Å²) >= 11 is 0. The summed E-state index contributed by atoms with van der Waals surface area (Å²) in [6.45, 7) is 2.32. The van der Waals surface area contributed by atoms with Crippen LogP contribution in [-0.4, -0.2) is 27.5 Å². The van der Waals surface area contributed by atoms with Gasteiger partial charge in [-0.15, -0.1) is 0 Å². The van der Waals surface area contributed by atoms with Gasteiger partial charge in [0.15, 0.2) is 5.82 Å². The fraction of sp³-hybridized carbons (Fsp3) is 0.700. The zero-order valence-electron chi connectivity index (χ0n) is 9.98. The zero-order chi connectivity index (χ0) is 12.8. The first-order valence-corrected chi connectivity index (χ1v) is 5.70. The topological polar surface area (TPSA) is 124 Å². The van der Waals surface area contributed by atoms with Gasteiger partial charge in [-0.05, 0) is 37.2 Å². The summed E-state index contributed by atoms with van der Waals surface area (Å²) in [4.78, 5) is 17.0. The highest BCUT2D eigenvalue weighted by molar-refractivity contribution is 5.28. The van der Waals surface area contributed by atoms with Gasteiger partial charge in [-0.1, -0.05) is 0 Å². The smallest absolute Gasteiger partial charge is 0.343 e. The number of hydrogen-bond acceptors (Lipinski definition) is 5. The average molecular weight is 241 g/mol. The van der Waals surface area contributed by atoms with Crippen LogP contribution in [0.3, 0.4) is 0 Å². The molecule has 0 bridgehead atoms. The number of aromatic amines is 1. The van der Waals surface area contributed by atoms with Gasteiger partial charge in [0, 0.05) is 13.0 Å². The quantitative estimate of drug-likeness (QED) is 0.477. The van der Waals surface area contributed by atoms with E-state index in [4.69, 9.17) is 11.5 Å². The number of nitrogens with zero attached hydrogens (tertiary/aromatic N) is 2. The number of aryl methyl sites for hydroxylation is 2. The van der Waals surface area contributed by atoms with Crippen LogP contribution in [0.5, 0.6) is 0 Å². The Morgan fingerprint density at radius 1 is 1.53 bits per heavy atom. The SMILES string of the molecule is Cc1nc(CCC(N)CCCN)c([N+](=O)[O-])[nH]1. The van der Waals surface area contributed by atoms with Crippen molar-refractivity contribution in [3.63, 3.8) is 0 Å². The first-order chi connectivity index (χ1) is 8.04. The Labute approximate surface area is 99.7 Å². The third-order valence-electron chi connectivity index (χ3n) is 2.59. The highest BCUT2D eigenvalue weighted by atomic mass is 16.6. The lowest BCUT2D eigenvalue weighted by Crippen LogP contribution is -2.22. The first-order valence-electron chi connectivity index (χ1n) is 5.70. The van der Waals surface area contributed by atoms with Crippen molar-refractivity contribution in [2.45, 2.75) is 38.6 Å². The Morgan fingerprint density at radius 2 is 2.24 bits per heavy atom. The van der Waals surface area contributed by atoms with Gasteiger partial charge in [-0.2, -0.15) is 0 Å². The largest absolute Gasteiger partial charge is 0.358 e. The minimum atomic E-state index is -0.444. The fourth-order valence-electron chi connectivity index (χ4n) is 1.70. The van der Waals surface area contributed by atoms with Crippen molar-refractivity contribution in [2.75, 3.05) is 6.54 Å². The molecule has 0 radical (unpaired) electrons. The number of aromatic nitrogens is 2. The predicted molar refractivity (Wildman–Crippen MR) is 64.6 cm³/mol. The van der Waals surface area contributed by atoms with Crippen LogP contribution in [0.2, 0.25) is 0 Å². The molecule has 17 heavy (non-hydrogen) atoms. The van der Waals surface area contributed by atoms with E-state index < -0.39 is 4.92 Å². The van der Waals surface area contributed by atoms with Gasteiger partial charge in [0.2, 0.25) is 0 Å². The molecular weight excluding hydrogens is 222 g/mol. The van der Waals surface area contributed by atoms with Crippen molar-refractivity contribution in [1.82, 2.24) is 9.97 Å². The number of H-pyrrole nitrogens is 1. The van der Waals surface area contributed by atoms with Gasteiger partial charge >= 0.3 is 5.82 Å². The Kier molecular flexibility index (Phi) is 5.05. The minimum absolute atomic E-state index is 0.0199. The van der Waals surface area contributed by atoms with Crippen molar-refractivity contribution in [2.24, 2.45) is 11.5 Å². The maximum absolute atomic E-state index is 10.7. The summed E-state index contributed by atoms with van der Waals surface area (Å²) in [6.07, 6.45) is 2.92. The molecule has 0 fully saturated rings. The highest BCUT2D eigenvalue weighted by Gasteiger charge is 2.18. The highest BCUT2D eigenvalue weighted by Crippen LogP contribution is 2.17. The van der Waals surface area contributed by atoms with E-state index in [1.807, 2.05) is 0 Å². The third kappa shape index (κ3) is 4.12. The number of nitrogens with two attached hydrogens (primary N) is 2. The molecule has 7 heteroatoms. The molecular formula is C10H19N5O2. The first kappa shape index (κ1) is 13.6. The summed E-state index contributed by atoms with van der Waals surface area (Å²) in [5.74, 6) is 0.538. The van der Waals surface area contributed by atoms with Crippen molar-refractivity contribution >= 4 is 5.82 Å². The molecule has 1 rings (SSSR count). The van der Waals surface area contributed by atoms with E-state index in [1.165, 1.54) is 0 Å². The van der Waals surface area contributed by atoms with Gasteiger partial charge in [-0.3, -0.25) is 0 Å². The van der Waals surface area contributed by atoms with Crippen molar-refractivity contribution in [3.05, 3.63) is 21.6 Å². The molecule has 1 heterocycles. The minimum Gasteiger partial charge on any atom is -0.358 e. The molecule has 0 saturated heterocycles. The lowest BCUT2D eigenvalue weighted by molar-refractivity contribution is -0.390. The van der Waals surface area contributed by atoms with Gasteiger partial charge in [-0.25, -0.2) is 9.97 Å². The predicted octanol–water partition coefficient (Wildman–Crippen LogP) is 0.625. The van der Waals surface area contributed by atoms with Crippen molar-refractivity contribution in [3.8, 4) is 0 Å². The average Bonchev–Trinajstić information content (AvgIpc) is 2.65.